The molecule has 17 heteroatoms. The predicted molar refractivity (Wildman–Crippen MR) is 249 cm³/mol. The SMILES string of the molecule is O=C(O)CCCCCCCCCCCCCCCCCCC(=O)NCC1CCC(C(=O)C[C@@H](CCC(=O)NCCCC[C@@H](C(=O)O)C2SSC3(SS2)SS3)C(=O)O)CC1. The number of hydrogen-bond donors (Lipinski definition) is 5. The summed E-state index contributed by atoms with van der Waals surface area (Å²) in [5.74, 6) is -3.94. The van der Waals surface area contributed by atoms with Gasteiger partial charge in [-0.05, 0) is 85.3 Å². The minimum Gasteiger partial charge on any atom is -0.481 e. The molecule has 2 aliphatic heterocycles. The van der Waals surface area contributed by atoms with E-state index in [0.717, 1.165) is 44.9 Å². The van der Waals surface area contributed by atoms with Crippen LogP contribution in [0.2, 0.25) is 0 Å². The molecule has 2 atom stereocenters. The van der Waals surface area contributed by atoms with E-state index < -0.39 is 29.7 Å². The number of ketones is 1. The van der Waals surface area contributed by atoms with Gasteiger partial charge in [0.2, 0.25) is 11.8 Å². The minimum atomic E-state index is -1.06. The van der Waals surface area contributed by atoms with Crippen LogP contribution >= 0.6 is 64.8 Å². The molecular formula is C42H70N2O9S6. The van der Waals surface area contributed by atoms with Crippen molar-refractivity contribution in [2.75, 3.05) is 13.1 Å². The second-order valence-corrected chi connectivity index (χ2v) is 26.0. The van der Waals surface area contributed by atoms with Crippen molar-refractivity contribution in [3.8, 4) is 0 Å². The Hall–Kier alpha value is -0.880. The number of aliphatic carboxylic acids is 3. The molecule has 2 heterocycles. The lowest BCUT2D eigenvalue weighted by Crippen LogP contribution is -2.33. The van der Waals surface area contributed by atoms with Crippen LogP contribution in [0.4, 0.5) is 0 Å². The van der Waals surface area contributed by atoms with Gasteiger partial charge in [0.25, 0.3) is 0 Å². The van der Waals surface area contributed by atoms with E-state index in [9.17, 15) is 39.0 Å². The Kier molecular flexibility index (Phi) is 27.6. The average Bonchev–Trinajstić information content (AvgIpc) is 3.97. The molecule has 0 radical (unpaired) electrons. The van der Waals surface area contributed by atoms with Crippen molar-refractivity contribution in [2.24, 2.45) is 23.7 Å². The van der Waals surface area contributed by atoms with Crippen LogP contribution in [0, 0.1) is 23.7 Å². The van der Waals surface area contributed by atoms with Gasteiger partial charge in [-0.2, -0.15) is 0 Å². The molecule has 0 unspecified atom stereocenters. The van der Waals surface area contributed by atoms with Crippen molar-refractivity contribution in [3.63, 3.8) is 0 Å². The third-order valence-electron chi connectivity index (χ3n) is 11.6. The maximum atomic E-state index is 13.1. The summed E-state index contributed by atoms with van der Waals surface area (Å²) in [5.41, 5.74) is 0. The second-order valence-electron chi connectivity index (χ2n) is 16.5. The largest absolute Gasteiger partial charge is 0.481 e. The lowest BCUT2D eigenvalue weighted by Gasteiger charge is -2.28. The van der Waals surface area contributed by atoms with Crippen LogP contribution in [0.3, 0.4) is 0 Å². The normalized spacial score (nSPS) is 19.8. The van der Waals surface area contributed by atoms with E-state index in [-0.39, 0.29) is 50.1 Å². The summed E-state index contributed by atoms with van der Waals surface area (Å²) >= 11 is 0. The van der Waals surface area contributed by atoms with Gasteiger partial charge in [-0.3, -0.25) is 28.8 Å². The first-order valence-corrected chi connectivity index (χ1v) is 28.8. The highest BCUT2D eigenvalue weighted by atomic mass is 33.2. The number of amides is 2. The van der Waals surface area contributed by atoms with Crippen LogP contribution in [-0.4, -0.2) is 71.2 Å². The van der Waals surface area contributed by atoms with Gasteiger partial charge in [-0.25, -0.2) is 0 Å². The molecule has 2 amide bonds. The molecule has 0 aromatic heterocycles. The smallest absolute Gasteiger partial charge is 0.308 e. The summed E-state index contributed by atoms with van der Waals surface area (Å²) < 4.78 is 0.116. The lowest BCUT2D eigenvalue weighted by molar-refractivity contribution is -0.145. The number of Topliss-reactive ketones (excluding diaryl/α,β-unsaturated/α-hetero) is 1. The summed E-state index contributed by atoms with van der Waals surface area (Å²) in [6.07, 6.45) is 24.7. The fourth-order valence-electron chi connectivity index (χ4n) is 7.75. The molecule has 3 rings (SSSR count). The van der Waals surface area contributed by atoms with Crippen molar-refractivity contribution < 1.29 is 44.1 Å². The van der Waals surface area contributed by atoms with Crippen LogP contribution in [0.25, 0.3) is 0 Å². The first kappa shape index (κ1) is 52.5. The molecule has 3 aliphatic rings. The molecule has 1 aliphatic carbocycles. The molecule has 59 heavy (non-hydrogen) atoms. The molecule has 5 N–H and O–H groups in total. The number of rotatable bonds is 35. The van der Waals surface area contributed by atoms with E-state index in [1.54, 1.807) is 43.2 Å². The van der Waals surface area contributed by atoms with E-state index in [0.29, 0.717) is 64.0 Å². The highest BCUT2D eigenvalue weighted by Crippen LogP contribution is 2.84. The molecule has 1 saturated carbocycles. The van der Waals surface area contributed by atoms with Gasteiger partial charge in [0.05, 0.1) is 16.4 Å². The predicted octanol–water partition coefficient (Wildman–Crippen LogP) is 11.6. The average molecular weight is 939 g/mol. The topological polar surface area (TPSA) is 187 Å². The van der Waals surface area contributed by atoms with Crippen molar-refractivity contribution in [3.05, 3.63) is 0 Å². The van der Waals surface area contributed by atoms with E-state index in [2.05, 4.69) is 10.6 Å². The van der Waals surface area contributed by atoms with E-state index in [1.165, 1.54) is 70.6 Å². The first-order chi connectivity index (χ1) is 28.5. The zero-order valence-corrected chi connectivity index (χ0v) is 39.7. The number of carbonyl (C=O) groups excluding carboxylic acids is 3. The second kappa shape index (κ2) is 31.0. The van der Waals surface area contributed by atoms with Crippen molar-refractivity contribution >= 4 is 100 Å². The molecule has 0 aromatic rings. The van der Waals surface area contributed by atoms with E-state index >= 15 is 0 Å². The van der Waals surface area contributed by atoms with Gasteiger partial charge in [0.1, 0.15) is 5.78 Å². The summed E-state index contributed by atoms with van der Waals surface area (Å²) in [4.78, 5) is 72.4. The third kappa shape index (κ3) is 24.0. The Balaban J connectivity index is 1.12. The van der Waals surface area contributed by atoms with Crippen LogP contribution < -0.4 is 10.6 Å². The van der Waals surface area contributed by atoms with E-state index in [4.69, 9.17) is 5.11 Å². The van der Waals surface area contributed by atoms with Gasteiger partial charge >= 0.3 is 17.9 Å². The number of hydrogen-bond acceptors (Lipinski definition) is 12. The molecule has 338 valence electrons. The third-order valence-corrected chi connectivity index (χ3v) is 25.4. The first-order valence-electron chi connectivity index (χ1n) is 22.3. The number of carbonyl (C=O) groups is 6. The summed E-state index contributed by atoms with van der Waals surface area (Å²) in [6, 6.07) is 0. The lowest BCUT2D eigenvalue weighted by atomic mass is 9.78. The molecule has 3 fully saturated rings. The number of unbranched alkanes of at least 4 members (excludes halogenated alkanes) is 16. The van der Waals surface area contributed by atoms with Crippen molar-refractivity contribution in [2.45, 2.75) is 187 Å². The minimum absolute atomic E-state index is 0.0146. The van der Waals surface area contributed by atoms with Gasteiger partial charge in [-0.1, -0.05) is 139 Å². The zero-order valence-electron chi connectivity index (χ0n) is 34.8. The van der Waals surface area contributed by atoms with Crippen molar-refractivity contribution in [1.82, 2.24) is 10.6 Å². The van der Waals surface area contributed by atoms with Crippen LogP contribution in [0.15, 0.2) is 0 Å². The summed E-state index contributed by atoms with van der Waals surface area (Å²) in [5, 5.41) is 34.1. The van der Waals surface area contributed by atoms with Crippen LogP contribution in [-0.2, 0) is 28.8 Å². The molecule has 2 saturated heterocycles. The molecular weight excluding hydrogens is 869 g/mol. The van der Waals surface area contributed by atoms with Crippen molar-refractivity contribution in [1.29, 1.82) is 0 Å². The fraction of sp³-hybridized carbons (Fsp3) is 0.857. The van der Waals surface area contributed by atoms with Crippen LogP contribution in [0.1, 0.15) is 180 Å². The Morgan fingerprint density at radius 3 is 1.54 bits per heavy atom. The summed E-state index contributed by atoms with van der Waals surface area (Å²) in [6.45, 7) is 1.03. The van der Waals surface area contributed by atoms with Gasteiger partial charge < -0.3 is 26.0 Å². The number of nitrogens with one attached hydrogen (secondary N) is 2. The zero-order chi connectivity index (χ0) is 42.7. The fourth-order valence-corrected chi connectivity index (χ4v) is 21.6. The Labute approximate surface area is 376 Å². The van der Waals surface area contributed by atoms with Gasteiger partial charge in [0, 0.05) is 44.7 Å². The summed E-state index contributed by atoms with van der Waals surface area (Å²) in [7, 11) is 10.4. The molecule has 1 spiro atoms. The standard InChI is InChI=1S/C42H70N2O9S6/c45-35(29-33(39(50)51)26-27-37(47)43-28-18-17-19-34(40(52)53)41-54-56-42(57-55-41)58-59-42)32-24-22-31(23-25-32)30-44-36(46)20-15-13-11-9-7-5-3-1-2-4-6-8-10-12-14-16-21-38(48)49/h31-34,41H,1-30H2,(H,43,47)(H,44,46)(H,48,49)(H,50,51)(H,52,53)/t31?,32?,33-,34+/m1/s1. The van der Waals surface area contributed by atoms with Gasteiger partial charge in [0.15, 0.2) is 2.74 Å². The Bertz CT molecular complexity index is 1270. The highest BCUT2D eigenvalue weighted by molar-refractivity contribution is 9.14. The Morgan fingerprint density at radius 1 is 0.542 bits per heavy atom. The molecule has 0 bridgehead atoms. The molecule has 0 aromatic carbocycles. The van der Waals surface area contributed by atoms with Crippen LogP contribution in [0.5, 0.6) is 0 Å². The van der Waals surface area contributed by atoms with E-state index in [1.807, 2.05) is 21.6 Å². The Morgan fingerprint density at radius 2 is 1.05 bits per heavy atom. The monoisotopic (exact) mass is 938 g/mol. The number of carboxylic acid groups (broad SMARTS) is 3. The maximum Gasteiger partial charge on any atom is 0.308 e. The quantitative estimate of drug-likeness (QED) is 0.0229. The maximum absolute atomic E-state index is 13.1. The number of carboxylic acids is 3. The highest BCUT2D eigenvalue weighted by Gasteiger charge is 2.53. The molecule has 11 nitrogen and oxygen atoms in total. The van der Waals surface area contributed by atoms with Gasteiger partial charge in [-0.15, -0.1) is 0 Å².